The van der Waals surface area contributed by atoms with Crippen LogP contribution in [0.3, 0.4) is 0 Å². The first-order valence-electron chi connectivity index (χ1n) is 2.67. The van der Waals surface area contributed by atoms with E-state index in [2.05, 4.69) is 23.0 Å². The van der Waals surface area contributed by atoms with Crippen molar-refractivity contribution in [1.82, 2.24) is 4.72 Å². The zero-order chi connectivity index (χ0) is 5.66. The third kappa shape index (κ3) is 2.07. The standard InChI is InChI=1S/C6H9NS/c1-2-4-6-8-7-5-3-1/h2-5,7H,1,6H2/b4-2-,5-3-. The Labute approximate surface area is 54.0 Å². The van der Waals surface area contributed by atoms with Gasteiger partial charge < -0.3 is 4.72 Å². The first kappa shape index (κ1) is 5.76. The van der Waals surface area contributed by atoms with Crippen molar-refractivity contribution >= 4 is 11.9 Å². The molecule has 0 aromatic heterocycles. The Morgan fingerprint density at radius 2 is 2.25 bits per heavy atom. The number of allylic oxidation sites excluding steroid dienone is 2. The summed E-state index contributed by atoms with van der Waals surface area (Å²) in [5.74, 6) is 1.07. The van der Waals surface area contributed by atoms with E-state index < -0.39 is 0 Å². The molecule has 0 aromatic carbocycles. The molecule has 0 spiro atoms. The molecule has 0 atom stereocenters. The van der Waals surface area contributed by atoms with Crippen LogP contribution in [-0.2, 0) is 0 Å². The second-order valence-corrected chi connectivity index (χ2v) is 2.40. The predicted octanol–water partition coefficient (Wildman–Crippen LogP) is 1.70. The minimum Gasteiger partial charge on any atom is -0.337 e. The Kier molecular flexibility index (Phi) is 2.60. The molecular formula is C6H9NS. The van der Waals surface area contributed by atoms with Crippen LogP contribution in [0.2, 0.25) is 0 Å². The summed E-state index contributed by atoms with van der Waals surface area (Å²) in [6.45, 7) is 0. The van der Waals surface area contributed by atoms with Gasteiger partial charge in [-0.15, -0.1) is 0 Å². The second-order valence-electron chi connectivity index (χ2n) is 1.54. The smallest absolute Gasteiger partial charge is 0.0312 e. The van der Waals surface area contributed by atoms with Crippen molar-refractivity contribution < 1.29 is 0 Å². The summed E-state index contributed by atoms with van der Waals surface area (Å²) in [5.41, 5.74) is 0. The average Bonchev–Trinajstić information content (AvgIpc) is 1.62. The molecule has 44 valence electrons. The molecule has 0 radical (unpaired) electrons. The molecule has 0 unspecified atom stereocenters. The molecule has 1 N–H and O–H groups in total. The molecule has 2 heteroatoms. The quantitative estimate of drug-likeness (QED) is 0.392. The van der Waals surface area contributed by atoms with Gasteiger partial charge in [0.2, 0.25) is 0 Å². The molecule has 1 aliphatic heterocycles. The van der Waals surface area contributed by atoms with Gasteiger partial charge in [-0.2, -0.15) is 0 Å². The van der Waals surface area contributed by atoms with Crippen LogP contribution in [0, 0.1) is 0 Å². The van der Waals surface area contributed by atoms with Gasteiger partial charge in [-0.3, -0.25) is 0 Å². The van der Waals surface area contributed by atoms with Gasteiger partial charge >= 0.3 is 0 Å². The highest BCUT2D eigenvalue weighted by Gasteiger charge is 1.80. The first-order valence-corrected chi connectivity index (χ1v) is 3.66. The van der Waals surface area contributed by atoms with Gasteiger partial charge in [-0.25, -0.2) is 0 Å². The Balaban J connectivity index is 2.31. The molecule has 0 aliphatic carbocycles. The summed E-state index contributed by atoms with van der Waals surface area (Å²) in [4.78, 5) is 0. The average molecular weight is 127 g/mol. The zero-order valence-corrected chi connectivity index (χ0v) is 5.45. The summed E-state index contributed by atoms with van der Waals surface area (Å²) < 4.78 is 3.07. The summed E-state index contributed by atoms with van der Waals surface area (Å²) >= 11 is 1.71. The van der Waals surface area contributed by atoms with Crippen molar-refractivity contribution in [2.45, 2.75) is 6.42 Å². The monoisotopic (exact) mass is 127 g/mol. The maximum atomic E-state index is 3.07. The number of rotatable bonds is 0. The van der Waals surface area contributed by atoms with Gasteiger partial charge in [0.05, 0.1) is 0 Å². The fourth-order valence-electron chi connectivity index (χ4n) is 0.503. The molecule has 0 amide bonds. The molecule has 0 fully saturated rings. The van der Waals surface area contributed by atoms with E-state index in [1.165, 1.54) is 0 Å². The van der Waals surface area contributed by atoms with E-state index in [0.717, 1.165) is 12.2 Å². The van der Waals surface area contributed by atoms with E-state index in [4.69, 9.17) is 0 Å². The van der Waals surface area contributed by atoms with Crippen LogP contribution in [0.4, 0.5) is 0 Å². The van der Waals surface area contributed by atoms with E-state index in [1.54, 1.807) is 11.9 Å². The lowest BCUT2D eigenvalue weighted by atomic mass is 10.4. The zero-order valence-electron chi connectivity index (χ0n) is 4.63. The predicted molar refractivity (Wildman–Crippen MR) is 38.5 cm³/mol. The summed E-state index contributed by atoms with van der Waals surface area (Å²) in [6, 6.07) is 0. The summed E-state index contributed by atoms with van der Waals surface area (Å²) in [5, 5.41) is 0. The van der Waals surface area contributed by atoms with Gasteiger partial charge in [0.15, 0.2) is 0 Å². The lowest BCUT2D eigenvalue weighted by Gasteiger charge is -1.96. The maximum absolute atomic E-state index is 3.07. The minimum absolute atomic E-state index is 1.06. The second kappa shape index (κ2) is 3.61. The highest BCUT2D eigenvalue weighted by atomic mass is 32.2. The van der Waals surface area contributed by atoms with Gasteiger partial charge in [0.25, 0.3) is 0 Å². The number of hydrogen-bond acceptors (Lipinski definition) is 2. The van der Waals surface area contributed by atoms with Crippen molar-refractivity contribution in [3.05, 3.63) is 24.4 Å². The van der Waals surface area contributed by atoms with Crippen molar-refractivity contribution in [2.75, 3.05) is 5.75 Å². The normalized spacial score (nSPS) is 27.0. The lowest BCUT2D eigenvalue weighted by molar-refractivity contribution is 1.29. The first-order chi connectivity index (χ1) is 4.00. The Bertz CT molecular complexity index is 95.1. The molecule has 0 aromatic rings. The van der Waals surface area contributed by atoms with Crippen LogP contribution in [0.5, 0.6) is 0 Å². The molecule has 1 aliphatic rings. The van der Waals surface area contributed by atoms with Crippen LogP contribution in [0.1, 0.15) is 6.42 Å². The van der Waals surface area contributed by atoms with Crippen molar-refractivity contribution in [3.63, 3.8) is 0 Å². The molecule has 0 bridgehead atoms. The SMILES string of the molecule is C1=C\CSN/C=C\C/1. The largest absolute Gasteiger partial charge is 0.337 e. The third-order valence-electron chi connectivity index (χ3n) is 0.888. The van der Waals surface area contributed by atoms with Gasteiger partial charge in [-0.1, -0.05) is 18.2 Å². The van der Waals surface area contributed by atoms with Crippen LogP contribution >= 0.6 is 11.9 Å². The van der Waals surface area contributed by atoms with Crippen LogP contribution in [-0.4, -0.2) is 5.75 Å². The molecule has 1 nitrogen and oxygen atoms in total. The molecular weight excluding hydrogens is 118 g/mol. The number of hydrogen-bond donors (Lipinski definition) is 1. The van der Waals surface area contributed by atoms with Crippen molar-refractivity contribution in [2.24, 2.45) is 0 Å². The lowest BCUT2D eigenvalue weighted by Crippen LogP contribution is -1.92. The van der Waals surface area contributed by atoms with Gasteiger partial charge in [0, 0.05) is 12.0 Å². The van der Waals surface area contributed by atoms with E-state index >= 15 is 0 Å². The Hall–Kier alpha value is -0.370. The molecule has 1 rings (SSSR count). The van der Waals surface area contributed by atoms with Crippen LogP contribution < -0.4 is 4.72 Å². The number of nitrogens with one attached hydrogen (secondary N) is 1. The minimum atomic E-state index is 1.06. The highest BCUT2D eigenvalue weighted by molar-refractivity contribution is 7.97. The van der Waals surface area contributed by atoms with E-state index in [1.807, 2.05) is 6.20 Å². The van der Waals surface area contributed by atoms with Crippen LogP contribution in [0.25, 0.3) is 0 Å². The maximum Gasteiger partial charge on any atom is 0.0312 e. The highest BCUT2D eigenvalue weighted by Crippen LogP contribution is 1.98. The van der Waals surface area contributed by atoms with E-state index in [0.29, 0.717) is 0 Å². The Morgan fingerprint density at radius 1 is 1.25 bits per heavy atom. The summed E-state index contributed by atoms with van der Waals surface area (Å²) in [6.07, 6.45) is 9.48. The van der Waals surface area contributed by atoms with Gasteiger partial charge in [-0.05, 0) is 18.4 Å². The van der Waals surface area contributed by atoms with Crippen LogP contribution in [0.15, 0.2) is 24.4 Å². The van der Waals surface area contributed by atoms with E-state index in [9.17, 15) is 0 Å². The van der Waals surface area contributed by atoms with Crippen molar-refractivity contribution in [1.29, 1.82) is 0 Å². The summed E-state index contributed by atoms with van der Waals surface area (Å²) in [7, 11) is 0. The molecule has 1 heterocycles. The van der Waals surface area contributed by atoms with Crippen molar-refractivity contribution in [3.8, 4) is 0 Å². The molecule has 0 saturated carbocycles. The topological polar surface area (TPSA) is 12.0 Å². The fourth-order valence-corrected chi connectivity index (χ4v) is 1.02. The molecule has 0 saturated heterocycles. The van der Waals surface area contributed by atoms with E-state index in [-0.39, 0.29) is 0 Å². The fraction of sp³-hybridized carbons (Fsp3) is 0.333. The molecule has 8 heavy (non-hydrogen) atoms. The third-order valence-corrected chi connectivity index (χ3v) is 1.55. The van der Waals surface area contributed by atoms with Gasteiger partial charge in [0.1, 0.15) is 0 Å². The Morgan fingerprint density at radius 3 is 3.25 bits per heavy atom.